The van der Waals surface area contributed by atoms with Crippen LogP contribution in [0.15, 0.2) is 0 Å². The molecule has 0 amide bonds. The summed E-state index contributed by atoms with van der Waals surface area (Å²) in [5.74, 6) is -4.28. The lowest BCUT2D eigenvalue weighted by Gasteiger charge is -2.42. The molecule has 0 spiro atoms. The molecule has 0 aromatic carbocycles. The molecule has 460 valence electrons. The van der Waals surface area contributed by atoms with Gasteiger partial charge >= 0.3 is 23.9 Å². The molecule has 1 aliphatic rings. The van der Waals surface area contributed by atoms with Gasteiger partial charge in [-0.05, 0) is 63.2 Å². The highest BCUT2D eigenvalue weighted by Crippen LogP contribution is 2.55. The number of aliphatic carboxylic acids is 1. The van der Waals surface area contributed by atoms with Crippen molar-refractivity contribution >= 4 is 23.9 Å². The second kappa shape index (κ2) is 51.7. The molecule has 0 heterocycles. The van der Waals surface area contributed by atoms with Crippen LogP contribution in [-0.2, 0) is 33.4 Å². The Morgan fingerprint density at radius 3 is 0.731 bits per heavy atom. The van der Waals surface area contributed by atoms with E-state index in [4.69, 9.17) is 14.2 Å². The molecule has 0 aromatic heterocycles. The molecule has 0 aromatic rings. The quantitative estimate of drug-likeness (QED) is 0.0277. The fraction of sp³-hybridized carbons (Fsp3) is 0.943. The zero-order chi connectivity index (χ0) is 56.9. The lowest BCUT2D eigenvalue weighted by atomic mass is 9.58. The minimum atomic E-state index is -2.46. The predicted octanol–water partition coefficient (Wildman–Crippen LogP) is 22.2. The van der Waals surface area contributed by atoms with Crippen LogP contribution in [0, 0.1) is 16.2 Å². The number of carbonyl (C=O) groups excluding carboxylic acids is 3. The number of unbranched alkanes of at least 4 members (excludes halogenated alkanes) is 42. The van der Waals surface area contributed by atoms with Crippen LogP contribution < -0.4 is 0 Å². The van der Waals surface area contributed by atoms with Gasteiger partial charge in [0.25, 0.3) is 0 Å². The van der Waals surface area contributed by atoms with Gasteiger partial charge in [0.05, 0.1) is 19.8 Å². The van der Waals surface area contributed by atoms with Gasteiger partial charge in [-0.3, -0.25) is 19.2 Å². The van der Waals surface area contributed by atoms with E-state index in [1.165, 1.54) is 193 Å². The SMILES string of the molecule is CCCCCCCCCCCCCCCCCCC1(CCCCCCCCCCCCCCCCCC)CCCC(C(=O)O)(C(=O)OCCCCCCC)C(C(=O)OCCCCCCC)(C(=O)OCCCCCCC)CCC1. The molecule has 1 saturated carbocycles. The zero-order valence-corrected chi connectivity index (χ0v) is 52.8. The van der Waals surface area contributed by atoms with Crippen molar-refractivity contribution < 1.29 is 38.5 Å². The molecule has 78 heavy (non-hydrogen) atoms. The number of carbonyl (C=O) groups is 4. The first-order valence-electron chi connectivity index (χ1n) is 34.9. The van der Waals surface area contributed by atoms with Gasteiger partial charge in [0.1, 0.15) is 0 Å². The maximum absolute atomic E-state index is 15.1. The summed E-state index contributed by atoms with van der Waals surface area (Å²) in [5, 5.41) is 11.6. The minimum Gasteiger partial charge on any atom is -0.480 e. The van der Waals surface area contributed by atoms with Gasteiger partial charge in [0.15, 0.2) is 10.8 Å². The lowest BCUT2D eigenvalue weighted by Crippen LogP contribution is -2.62. The molecular weight excluding hydrogens is 969 g/mol. The van der Waals surface area contributed by atoms with Gasteiger partial charge < -0.3 is 19.3 Å². The molecule has 0 radical (unpaired) electrons. The Balaban J connectivity index is 3.35. The number of rotatable bonds is 56. The van der Waals surface area contributed by atoms with Gasteiger partial charge in [-0.2, -0.15) is 0 Å². The van der Waals surface area contributed by atoms with Crippen molar-refractivity contribution in [1.29, 1.82) is 0 Å². The van der Waals surface area contributed by atoms with Crippen LogP contribution in [0.2, 0.25) is 0 Å². The van der Waals surface area contributed by atoms with Crippen molar-refractivity contribution in [3.63, 3.8) is 0 Å². The number of carboxylic acids is 1. The minimum absolute atomic E-state index is 0.0507. The van der Waals surface area contributed by atoms with Crippen LogP contribution in [0.4, 0.5) is 0 Å². The predicted molar refractivity (Wildman–Crippen MR) is 330 cm³/mol. The van der Waals surface area contributed by atoms with Gasteiger partial charge in [-0.15, -0.1) is 0 Å². The number of carboxylic acid groups (broad SMARTS) is 1. The summed E-state index contributed by atoms with van der Waals surface area (Å²) in [5.41, 5.74) is -4.89. The molecular formula is C70H132O8. The van der Waals surface area contributed by atoms with Crippen molar-refractivity contribution in [1.82, 2.24) is 0 Å². The Kier molecular flexibility index (Phi) is 49.0. The van der Waals surface area contributed by atoms with Gasteiger partial charge in [-0.25, -0.2) is 0 Å². The van der Waals surface area contributed by atoms with E-state index in [2.05, 4.69) is 34.6 Å². The van der Waals surface area contributed by atoms with E-state index >= 15 is 9.59 Å². The smallest absolute Gasteiger partial charge is 0.325 e. The molecule has 8 heteroatoms. The average molecular weight is 1100 g/mol. The topological polar surface area (TPSA) is 116 Å². The number of hydrogen-bond acceptors (Lipinski definition) is 7. The van der Waals surface area contributed by atoms with Gasteiger partial charge in [-0.1, -0.05) is 330 Å². The third-order valence-corrected chi connectivity index (χ3v) is 18.2. The molecule has 1 rings (SSSR count). The molecule has 0 bridgehead atoms. The maximum Gasteiger partial charge on any atom is 0.325 e. The van der Waals surface area contributed by atoms with E-state index < -0.39 is 34.7 Å². The van der Waals surface area contributed by atoms with Crippen molar-refractivity contribution in [2.45, 2.75) is 388 Å². The summed E-state index contributed by atoms with van der Waals surface area (Å²) in [6.07, 6.45) is 60.6. The molecule has 1 fully saturated rings. The number of hydrogen-bond donors (Lipinski definition) is 1. The summed E-state index contributed by atoms with van der Waals surface area (Å²) in [6, 6.07) is 0. The van der Waals surface area contributed by atoms with E-state index in [1.54, 1.807) is 0 Å². The van der Waals surface area contributed by atoms with Crippen LogP contribution >= 0.6 is 0 Å². The summed E-state index contributed by atoms with van der Waals surface area (Å²) in [4.78, 5) is 59.5. The Bertz CT molecular complexity index is 1330. The molecule has 1 unspecified atom stereocenters. The van der Waals surface area contributed by atoms with Gasteiger partial charge in [0.2, 0.25) is 0 Å². The summed E-state index contributed by atoms with van der Waals surface area (Å²) in [7, 11) is 0. The second-order valence-corrected chi connectivity index (χ2v) is 25.1. The number of esters is 3. The Morgan fingerprint density at radius 1 is 0.282 bits per heavy atom. The molecule has 1 atom stereocenters. The summed E-state index contributed by atoms with van der Waals surface area (Å²) in [6.45, 7) is 11.2. The average Bonchev–Trinajstić information content (AvgIpc) is 3.62. The lowest BCUT2D eigenvalue weighted by molar-refractivity contribution is -0.204. The molecule has 1 N–H and O–H groups in total. The molecule has 0 saturated heterocycles. The van der Waals surface area contributed by atoms with Crippen LogP contribution in [0.5, 0.6) is 0 Å². The Labute approximate surface area is 484 Å². The van der Waals surface area contributed by atoms with Crippen LogP contribution in [-0.4, -0.2) is 48.8 Å². The van der Waals surface area contributed by atoms with E-state index in [9.17, 15) is 14.7 Å². The second-order valence-electron chi connectivity index (χ2n) is 25.1. The van der Waals surface area contributed by atoms with Crippen molar-refractivity contribution in [2.24, 2.45) is 16.2 Å². The fourth-order valence-electron chi connectivity index (χ4n) is 13.0. The molecule has 0 aliphatic heterocycles. The first-order valence-corrected chi connectivity index (χ1v) is 34.9. The van der Waals surface area contributed by atoms with Crippen LogP contribution in [0.25, 0.3) is 0 Å². The van der Waals surface area contributed by atoms with Crippen LogP contribution in [0.3, 0.4) is 0 Å². The third kappa shape index (κ3) is 33.1. The van der Waals surface area contributed by atoms with E-state index in [0.29, 0.717) is 32.1 Å². The van der Waals surface area contributed by atoms with Crippen molar-refractivity contribution in [2.75, 3.05) is 19.8 Å². The van der Waals surface area contributed by atoms with Crippen LogP contribution in [0.1, 0.15) is 388 Å². The molecule has 1 aliphatic carbocycles. The normalized spacial score (nSPS) is 16.3. The number of ether oxygens (including phenoxy) is 3. The molecule has 8 nitrogen and oxygen atoms in total. The van der Waals surface area contributed by atoms with E-state index in [0.717, 1.165) is 116 Å². The maximum atomic E-state index is 15.1. The highest BCUT2D eigenvalue weighted by Gasteiger charge is 2.72. The summed E-state index contributed by atoms with van der Waals surface area (Å²) >= 11 is 0. The Hall–Kier alpha value is -2.12. The van der Waals surface area contributed by atoms with Crippen molar-refractivity contribution in [3.05, 3.63) is 0 Å². The Morgan fingerprint density at radius 2 is 0.487 bits per heavy atom. The monoisotopic (exact) mass is 1100 g/mol. The van der Waals surface area contributed by atoms with E-state index in [-0.39, 0.29) is 38.1 Å². The summed E-state index contributed by atoms with van der Waals surface area (Å²) < 4.78 is 18.2. The third-order valence-electron chi connectivity index (χ3n) is 18.2. The first kappa shape index (κ1) is 73.9. The standard InChI is InChI=1S/C70H132O8/c1-6-11-16-21-23-25-27-29-31-33-35-37-39-41-43-48-55-68(56-49-44-42-40-38-36-34-32-30-28-26-24-22-17-12-7-2)57-53-59-69(64(71)72,65(73)76-61-50-45-18-13-8-3)70(60-54-58-68,66(74)77-62-51-46-19-14-9-4)67(75)78-63-52-47-20-15-10-5/h6-63H2,1-5H3,(H,71,72). The zero-order valence-electron chi connectivity index (χ0n) is 52.8. The highest BCUT2D eigenvalue weighted by molar-refractivity contribution is 6.14. The van der Waals surface area contributed by atoms with Gasteiger partial charge in [0, 0.05) is 0 Å². The fourth-order valence-corrected chi connectivity index (χ4v) is 13.0. The highest BCUT2D eigenvalue weighted by atomic mass is 16.6. The largest absolute Gasteiger partial charge is 0.480 e. The first-order chi connectivity index (χ1) is 38.2. The van der Waals surface area contributed by atoms with E-state index in [1.807, 2.05) is 0 Å². The van der Waals surface area contributed by atoms with Crippen molar-refractivity contribution in [3.8, 4) is 0 Å².